The van der Waals surface area contributed by atoms with Crippen LogP contribution in [0, 0.1) is 0 Å². The van der Waals surface area contributed by atoms with Gasteiger partial charge in [0.05, 0.1) is 16.9 Å². The van der Waals surface area contributed by atoms with E-state index < -0.39 is 0 Å². The number of nitrogens with one attached hydrogen (secondary N) is 1. The first-order chi connectivity index (χ1) is 10.3. The number of benzene rings is 1. The van der Waals surface area contributed by atoms with Crippen molar-refractivity contribution < 1.29 is 0 Å². The zero-order valence-electron chi connectivity index (χ0n) is 12.5. The molecule has 4 nitrogen and oxygen atoms in total. The Morgan fingerprint density at radius 1 is 1.14 bits per heavy atom. The monoisotopic (exact) mass is 280 g/mol. The van der Waals surface area contributed by atoms with Crippen LogP contribution in [0.25, 0.3) is 10.9 Å². The highest BCUT2D eigenvalue weighted by Gasteiger charge is 2.05. The highest BCUT2D eigenvalue weighted by atomic mass is 15.3. The normalized spacial score (nSPS) is 11.1. The third-order valence-corrected chi connectivity index (χ3v) is 3.73. The van der Waals surface area contributed by atoms with Crippen LogP contribution in [0.15, 0.2) is 42.6 Å². The van der Waals surface area contributed by atoms with Crippen LogP contribution >= 0.6 is 0 Å². The Morgan fingerprint density at radius 2 is 2.00 bits per heavy atom. The quantitative estimate of drug-likeness (QED) is 0.781. The molecule has 2 aromatic heterocycles. The van der Waals surface area contributed by atoms with Crippen molar-refractivity contribution in [3.8, 4) is 0 Å². The number of hydrogen-bond donors (Lipinski definition) is 1. The Hall–Kier alpha value is -2.20. The smallest absolute Gasteiger partial charge is 0.0746 e. The van der Waals surface area contributed by atoms with Gasteiger partial charge in [-0.1, -0.05) is 31.2 Å². The van der Waals surface area contributed by atoms with Crippen molar-refractivity contribution in [3.05, 3.63) is 59.5 Å². The SMILES string of the molecule is CCc1cc(CNCc2cccc3cccnc23)n(C)n1. The van der Waals surface area contributed by atoms with Gasteiger partial charge in [0.1, 0.15) is 0 Å². The van der Waals surface area contributed by atoms with Gasteiger partial charge >= 0.3 is 0 Å². The third-order valence-electron chi connectivity index (χ3n) is 3.73. The summed E-state index contributed by atoms with van der Waals surface area (Å²) in [4.78, 5) is 4.48. The average molecular weight is 280 g/mol. The van der Waals surface area contributed by atoms with Crippen molar-refractivity contribution in [2.24, 2.45) is 7.05 Å². The lowest BCUT2D eigenvalue weighted by Crippen LogP contribution is -2.15. The van der Waals surface area contributed by atoms with Gasteiger partial charge in [-0.3, -0.25) is 9.67 Å². The highest BCUT2D eigenvalue weighted by molar-refractivity contribution is 5.81. The van der Waals surface area contributed by atoms with Crippen LogP contribution in [0.3, 0.4) is 0 Å². The number of fused-ring (bicyclic) bond motifs is 1. The first kappa shape index (κ1) is 13.8. The van der Waals surface area contributed by atoms with Gasteiger partial charge in [0, 0.05) is 31.7 Å². The van der Waals surface area contributed by atoms with E-state index in [0.717, 1.165) is 30.7 Å². The van der Waals surface area contributed by atoms with E-state index in [4.69, 9.17) is 0 Å². The second-order valence-corrected chi connectivity index (χ2v) is 5.20. The van der Waals surface area contributed by atoms with E-state index in [1.165, 1.54) is 16.6 Å². The van der Waals surface area contributed by atoms with E-state index in [0.29, 0.717) is 0 Å². The molecule has 1 N–H and O–H groups in total. The zero-order chi connectivity index (χ0) is 14.7. The van der Waals surface area contributed by atoms with E-state index in [1.54, 1.807) is 0 Å². The summed E-state index contributed by atoms with van der Waals surface area (Å²) in [7, 11) is 2.00. The summed E-state index contributed by atoms with van der Waals surface area (Å²) in [5.41, 5.74) is 4.65. The second kappa shape index (κ2) is 6.06. The van der Waals surface area contributed by atoms with Gasteiger partial charge in [-0.25, -0.2) is 0 Å². The summed E-state index contributed by atoms with van der Waals surface area (Å²) in [5.74, 6) is 0. The Morgan fingerprint density at radius 3 is 2.81 bits per heavy atom. The van der Waals surface area contributed by atoms with Gasteiger partial charge in [0.25, 0.3) is 0 Å². The maximum absolute atomic E-state index is 4.48. The summed E-state index contributed by atoms with van der Waals surface area (Å²) in [6.07, 6.45) is 2.82. The number of aromatic nitrogens is 3. The number of rotatable bonds is 5. The Labute approximate surface area is 124 Å². The maximum Gasteiger partial charge on any atom is 0.0746 e. The van der Waals surface area contributed by atoms with E-state index in [9.17, 15) is 0 Å². The van der Waals surface area contributed by atoms with Gasteiger partial charge in [0.15, 0.2) is 0 Å². The van der Waals surface area contributed by atoms with Crippen LogP contribution in [-0.2, 0) is 26.6 Å². The van der Waals surface area contributed by atoms with Crippen molar-refractivity contribution in [2.75, 3.05) is 0 Å². The molecule has 0 saturated carbocycles. The highest BCUT2D eigenvalue weighted by Crippen LogP contribution is 2.15. The standard InChI is InChI=1S/C17H20N4/c1-3-15-10-16(21(2)20-15)12-18-11-14-7-4-6-13-8-5-9-19-17(13)14/h4-10,18H,3,11-12H2,1-2H3. The molecule has 0 fully saturated rings. The number of pyridine rings is 1. The molecule has 0 radical (unpaired) electrons. The molecule has 2 heterocycles. The predicted octanol–water partition coefficient (Wildman–Crippen LogP) is 2.82. The Balaban J connectivity index is 1.70. The minimum absolute atomic E-state index is 0.807. The second-order valence-electron chi connectivity index (χ2n) is 5.20. The molecule has 1 aromatic carbocycles. The molecular formula is C17H20N4. The number of para-hydroxylation sites is 1. The fourth-order valence-corrected chi connectivity index (χ4v) is 2.55. The fourth-order valence-electron chi connectivity index (χ4n) is 2.55. The molecule has 0 aliphatic heterocycles. The van der Waals surface area contributed by atoms with Crippen LogP contribution in [0.4, 0.5) is 0 Å². The molecule has 21 heavy (non-hydrogen) atoms. The summed E-state index contributed by atoms with van der Waals surface area (Å²) in [6.45, 7) is 3.75. The molecule has 108 valence electrons. The lowest BCUT2D eigenvalue weighted by atomic mass is 10.1. The zero-order valence-corrected chi connectivity index (χ0v) is 12.5. The third kappa shape index (κ3) is 2.95. The molecule has 3 aromatic rings. The van der Waals surface area contributed by atoms with Gasteiger partial charge < -0.3 is 5.32 Å². The molecule has 0 aliphatic rings. The summed E-state index contributed by atoms with van der Waals surface area (Å²) in [6, 6.07) is 12.5. The number of hydrogen-bond acceptors (Lipinski definition) is 3. The van der Waals surface area contributed by atoms with Crippen LogP contribution < -0.4 is 5.32 Å². The van der Waals surface area contributed by atoms with Crippen LogP contribution in [0.2, 0.25) is 0 Å². The largest absolute Gasteiger partial charge is 0.307 e. The van der Waals surface area contributed by atoms with Crippen molar-refractivity contribution in [3.63, 3.8) is 0 Å². The van der Waals surface area contributed by atoms with Gasteiger partial charge in [-0.15, -0.1) is 0 Å². The summed E-state index contributed by atoms with van der Waals surface area (Å²) < 4.78 is 1.95. The van der Waals surface area contributed by atoms with Crippen molar-refractivity contribution in [2.45, 2.75) is 26.4 Å². The van der Waals surface area contributed by atoms with Gasteiger partial charge in [-0.2, -0.15) is 5.10 Å². The molecule has 0 saturated heterocycles. The van der Waals surface area contributed by atoms with Crippen molar-refractivity contribution in [1.29, 1.82) is 0 Å². The van der Waals surface area contributed by atoms with E-state index in [1.807, 2.05) is 24.0 Å². The molecule has 4 heteroatoms. The number of nitrogens with zero attached hydrogens (tertiary/aromatic N) is 3. The van der Waals surface area contributed by atoms with Crippen LogP contribution in [0.1, 0.15) is 23.9 Å². The van der Waals surface area contributed by atoms with E-state index in [2.05, 4.69) is 52.7 Å². The Kier molecular flexibility index (Phi) is 3.97. The molecule has 0 bridgehead atoms. The van der Waals surface area contributed by atoms with Gasteiger partial charge in [-0.05, 0) is 24.1 Å². The molecular weight excluding hydrogens is 260 g/mol. The minimum atomic E-state index is 0.807. The first-order valence-electron chi connectivity index (χ1n) is 7.33. The van der Waals surface area contributed by atoms with E-state index >= 15 is 0 Å². The molecule has 3 rings (SSSR count). The Bertz CT molecular complexity index is 740. The lowest BCUT2D eigenvalue weighted by Gasteiger charge is -2.07. The topological polar surface area (TPSA) is 42.7 Å². The lowest BCUT2D eigenvalue weighted by molar-refractivity contribution is 0.624. The van der Waals surface area contributed by atoms with E-state index in [-0.39, 0.29) is 0 Å². The van der Waals surface area contributed by atoms with Crippen molar-refractivity contribution in [1.82, 2.24) is 20.1 Å². The van der Waals surface area contributed by atoms with Crippen molar-refractivity contribution >= 4 is 10.9 Å². The molecule has 0 spiro atoms. The molecule has 0 aliphatic carbocycles. The summed E-state index contributed by atoms with van der Waals surface area (Å²) >= 11 is 0. The predicted molar refractivity (Wildman–Crippen MR) is 84.9 cm³/mol. The van der Waals surface area contributed by atoms with Gasteiger partial charge in [0.2, 0.25) is 0 Å². The number of aryl methyl sites for hydroxylation is 2. The molecule has 0 atom stereocenters. The molecule has 0 unspecified atom stereocenters. The first-order valence-corrected chi connectivity index (χ1v) is 7.33. The fraction of sp³-hybridized carbons (Fsp3) is 0.294. The summed E-state index contributed by atoms with van der Waals surface area (Å²) in [5, 5.41) is 9.14. The maximum atomic E-state index is 4.48. The average Bonchev–Trinajstić information content (AvgIpc) is 2.88. The minimum Gasteiger partial charge on any atom is -0.307 e. The van der Waals surface area contributed by atoms with Crippen LogP contribution in [-0.4, -0.2) is 14.8 Å². The molecule has 0 amide bonds. The van der Waals surface area contributed by atoms with Crippen LogP contribution in [0.5, 0.6) is 0 Å².